The standard InChI is InChI=1S/C9H16O5S/c10-5-8-6-13-7-9(14-8)1-3-15(11,12)4-2-9/h8,10H,1-7H2. The van der Waals surface area contributed by atoms with Gasteiger partial charge in [0.15, 0.2) is 9.84 Å². The smallest absolute Gasteiger partial charge is 0.150 e. The summed E-state index contributed by atoms with van der Waals surface area (Å²) in [5.41, 5.74) is -0.475. The fourth-order valence-corrected chi connectivity index (χ4v) is 3.63. The van der Waals surface area contributed by atoms with Crippen molar-refractivity contribution in [2.24, 2.45) is 0 Å². The minimum atomic E-state index is -2.88. The normalized spacial score (nSPS) is 34.1. The zero-order valence-electron chi connectivity index (χ0n) is 8.52. The van der Waals surface area contributed by atoms with Crippen LogP contribution in [0.1, 0.15) is 12.8 Å². The van der Waals surface area contributed by atoms with Gasteiger partial charge in [-0.2, -0.15) is 0 Å². The second-order valence-corrected chi connectivity index (χ2v) is 6.58. The minimum absolute atomic E-state index is 0.0749. The Balaban J connectivity index is 2.02. The van der Waals surface area contributed by atoms with Gasteiger partial charge in [0, 0.05) is 0 Å². The first-order valence-electron chi connectivity index (χ1n) is 5.12. The average molecular weight is 236 g/mol. The van der Waals surface area contributed by atoms with E-state index in [1.165, 1.54) is 0 Å². The molecule has 6 heteroatoms. The van der Waals surface area contributed by atoms with Crippen molar-refractivity contribution in [1.82, 2.24) is 0 Å². The molecule has 0 aliphatic carbocycles. The molecule has 0 aromatic heterocycles. The van der Waals surface area contributed by atoms with Gasteiger partial charge in [0.2, 0.25) is 0 Å². The monoisotopic (exact) mass is 236 g/mol. The van der Waals surface area contributed by atoms with Gasteiger partial charge in [-0.1, -0.05) is 0 Å². The Labute approximate surface area is 89.3 Å². The van der Waals surface area contributed by atoms with Gasteiger partial charge >= 0.3 is 0 Å². The SMILES string of the molecule is O=S1(=O)CCC2(CC1)COCC(CO)O2. The summed E-state index contributed by atoms with van der Waals surface area (Å²) in [6, 6.07) is 0. The van der Waals surface area contributed by atoms with Gasteiger partial charge in [-0.3, -0.25) is 0 Å². The maximum atomic E-state index is 11.3. The molecule has 1 atom stereocenters. The third kappa shape index (κ3) is 2.50. The summed E-state index contributed by atoms with van der Waals surface area (Å²) in [5, 5.41) is 8.98. The summed E-state index contributed by atoms with van der Waals surface area (Å²) in [5.74, 6) is 0.322. The second-order valence-electron chi connectivity index (χ2n) is 4.27. The number of ether oxygens (including phenoxy) is 2. The van der Waals surface area contributed by atoms with E-state index < -0.39 is 15.4 Å². The van der Waals surface area contributed by atoms with Gasteiger partial charge in [0.05, 0.1) is 36.9 Å². The lowest BCUT2D eigenvalue weighted by atomic mass is 9.96. The van der Waals surface area contributed by atoms with Crippen molar-refractivity contribution in [3.8, 4) is 0 Å². The Morgan fingerprint density at radius 3 is 2.60 bits per heavy atom. The highest BCUT2D eigenvalue weighted by Gasteiger charge is 2.42. The van der Waals surface area contributed by atoms with E-state index in [1.807, 2.05) is 0 Å². The van der Waals surface area contributed by atoms with E-state index in [2.05, 4.69) is 0 Å². The van der Waals surface area contributed by atoms with Crippen molar-refractivity contribution >= 4 is 9.84 Å². The van der Waals surface area contributed by atoms with Crippen molar-refractivity contribution in [2.75, 3.05) is 31.3 Å². The molecule has 0 saturated carbocycles. The first-order chi connectivity index (χ1) is 7.05. The van der Waals surface area contributed by atoms with Crippen molar-refractivity contribution in [3.05, 3.63) is 0 Å². The van der Waals surface area contributed by atoms with Crippen molar-refractivity contribution in [1.29, 1.82) is 0 Å². The van der Waals surface area contributed by atoms with Crippen LogP contribution >= 0.6 is 0 Å². The molecule has 0 radical (unpaired) electrons. The summed E-state index contributed by atoms with van der Waals surface area (Å²) in [4.78, 5) is 0. The maximum absolute atomic E-state index is 11.3. The largest absolute Gasteiger partial charge is 0.394 e. The van der Waals surface area contributed by atoms with Gasteiger partial charge in [-0.15, -0.1) is 0 Å². The number of hydrogen-bond donors (Lipinski definition) is 1. The average Bonchev–Trinajstić information content (AvgIpc) is 2.24. The molecule has 2 aliphatic rings. The number of rotatable bonds is 1. The minimum Gasteiger partial charge on any atom is -0.394 e. The van der Waals surface area contributed by atoms with Crippen molar-refractivity contribution in [2.45, 2.75) is 24.5 Å². The van der Waals surface area contributed by atoms with Gasteiger partial charge in [0.25, 0.3) is 0 Å². The molecule has 0 bridgehead atoms. The number of aliphatic hydroxyl groups is 1. The Morgan fingerprint density at radius 2 is 2.00 bits per heavy atom. The number of hydrogen-bond acceptors (Lipinski definition) is 5. The Kier molecular flexibility index (Phi) is 3.03. The lowest BCUT2D eigenvalue weighted by molar-refractivity contribution is -0.210. The molecule has 1 N–H and O–H groups in total. The first kappa shape index (κ1) is 11.3. The molecule has 1 spiro atoms. The topological polar surface area (TPSA) is 72.8 Å². The number of aliphatic hydroxyl groups excluding tert-OH is 1. The van der Waals surface area contributed by atoms with Crippen LogP contribution in [-0.4, -0.2) is 56.6 Å². The molecule has 1 unspecified atom stereocenters. The molecule has 2 heterocycles. The number of sulfone groups is 1. The molecular formula is C9H16O5S. The molecule has 0 aromatic carbocycles. The fraction of sp³-hybridized carbons (Fsp3) is 1.00. The molecule has 2 aliphatic heterocycles. The molecule has 2 fully saturated rings. The molecule has 5 nitrogen and oxygen atoms in total. The first-order valence-corrected chi connectivity index (χ1v) is 6.94. The maximum Gasteiger partial charge on any atom is 0.150 e. The van der Waals surface area contributed by atoms with Crippen LogP contribution in [0.15, 0.2) is 0 Å². The van der Waals surface area contributed by atoms with E-state index in [9.17, 15) is 8.42 Å². The van der Waals surface area contributed by atoms with Gasteiger partial charge < -0.3 is 14.6 Å². The highest BCUT2D eigenvalue weighted by Crippen LogP contribution is 2.31. The highest BCUT2D eigenvalue weighted by atomic mass is 32.2. The molecule has 0 amide bonds. The summed E-state index contributed by atoms with van der Waals surface area (Å²) in [7, 11) is -2.88. The van der Waals surface area contributed by atoms with E-state index in [0.717, 1.165) is 0 Å². The lowest BCUT2D eigenvalue weighted by Crippen LogP contribution is -2.52. The van der Waals surface area contributed by atoms with Crippen LogP contribution in [0, 0.1) is 0 Å². The summed E-state index contributed by atoms with van der Waals surface area (Å²) >= 11 is 0. The molecule has 2 saturated heterocycles. The molecule has 15 heavy (non-hydrogen) atoms. The van der Waals surface area contributed by atoms with Crippen LogP contribution in [0.25, 0.3) is 0 Å². The quantitative estimate of drug-likeness (QED) is 0.654. The van der Waals surface area contributed by atoms with Crippen LogP contribution in [0.4, 0.5) is 0 Å². The zero-order chi connectivity index (χ0) is 10.9. The van der Waals surface area contributed by atoms with E-state index >= 15 is 0 Å². The van der Waals surface area contributed by atoms with Crippen LogP contribution < -0.4 is 0 Å². The molecule has 0 aromatic rings. The van der Waals surface area contributed by atoms with Crippen LogP contribution in [0.5, 0.6) is 0 Å². The van der Waals surface area contributed by atoms with E-state index in [4.69, 9.17) is 14.6 Å². The van der Waals surface area contributed by atoms with Gasteiger partial charge in [-0.05, 0) is 12.8 Å². The van der Waals surface area contributed by atoms with Crippen LogP contribution in [-0.2, 0) is 19.3 Å². The van der Waals surface area contributed by atoms with E-state index in [-0.39, 0.29) is 24.2 Å². The molecule has 2 rings (SSSR count). The predicted octanol–water partition coefficient (Wildman–Crippen LogP) is -0.659. The Hall–Kier alpha value is -0.170. The predicted molar refractivity (Wildman–Crippen MR) is 53.4 cm³/mol. The lowest BCUT2D eigenvalue weighted by Gasteiger charge is -2.42. The van der Waals surface area contributed by atoms with Gasteiger partial charge in [0.1, 0.15) is 6.10 Å². The molecule has 88 valence electrons. The highest BCUT2D eigenvalue weighted by molar-refractivity contribution is 7.91. The fourth-order valence-electron chi connectivity index (χ4n) is 2.06. The van der Waals surface area contributed by atoms with Gasteiger partial charge in [-0.25, -0.2) is 8.42 Å². The Morgan fingerprint density at radius 1 is 1.33 bits per heavy atom. The Bertz CT molecular complexity index is 309. The summed E-state index contributed by atoms with van der Waals surface area (Å²) in [6.07, 6.45) is 0.650. The third-order valence-electron chi connectivity index (χ3n) is 3.03. The van der Waals surface area contributed by atoms with E-state index in [0.29, 0.717) is 26.1 Å². The van der Waals surface area contributed by atoms with Crippen molar-refractivity contribution < 1.29 is 23.0 Å². The third-order valence-corrected chi connectivity index (χ3v) is 4.68. The van der Waals surface area contributed by atoms with Crippen LogP contribution in [0.2, 0.25) is 0 Å². The zero-order valence-corrected chi connectivity index (χ0v) is 9.33. The van der Waals surface area contributed by atoms with E-state index in [1.54, 1.807) is 0 Å². The van der Waals surface area contributed by atoms with Crippen LogP contribution in [0.3, 0.4) is 0 Å². The second kappa shape index (κ2) is 4.01. The van der Waals surface area contributed by atoms with Crippen molar-refractivity contribution in [3.63, 3.8) is 0 Å². The summed E-state index contributed by atoms with van der Waals surface area (Å²) < 4.78 is 33.6. The summed E-state index contributed by atoms with van der Waals surface area (Å²) in [6.45, 7) is 0.762. The molecular weight excluding hydrogens is 220 g/mol.